The second-order valence-corrected chi connectivity index (χ2v) is 5.61. The van der Waals surface area contributed by atoms with Crippen molar-refractivity contribution in [2.45, 2.75) is 13.8 Å². The van der Waals surface area contributed by atoms with Crippen molar-refractivity contribution >= 4 is 5.78 Å². The summed E-state index contributed by atoms with van der Waals surface area (Å²) in [5, 5.41) is 0. The molecule has 132 valence electrons. The molecule has 0 aliphatic heterocycles. The van der Waals surface area contributed by atoms with Crippen LogP contribution in [-0.2, 0) is 0 Å². The van der Waals surface area contributed by atoms with Crippen molar-refractivity contribution in [2.24, 2.45) is 0 Å². The Balaban J connectivity index is 1.78. The average Bonchev–Trinajstić information content (AvgIpc) is 2.59. The number of Topliss-reactive ketones (excluding diaryl/α,β-unsaturated/α-hetero) is 1. The van der Waals surface area contributed by atoms with Crippen molar-refractivity contribution < 1.29 is 23.0 Å². The van der Waals surface area contributed by atoms with Crippen molar-refractivity contribution in [3.05, 3.63) is 77.5 Å². The number of hydrogen-bond acceptors (Lipinski definition) is 4. The standard InChI is InChI=1S/C20H15F2NO3/c1-12-3-9-17(13(2)24)20(23-12)26-16-7-5-15(6-8-16)25-19-10-4-14(21)11-18(19)22/h3-11H,1-2H3. The van der Waals surface area contributed by atoms with E-state index in [4.69, 9.17) is 9.47 Å². The molecule has 0 radical (unpaired) electrons. The molecule has 6 heteroatoms. The van der Waals surface area contributed by atoms with Gasteiger partial charge in [-0.25, -0.2) is 13.8 Å². The Morgan fingerprint density at radius 3 is 2.19 bits per heavy atom. The number of aryl methyl sites for hydroxylation is 1. The number of carbonyl (C=O) groups is 1. The van der Waals surface area contributed by atoms with E-state index in [0.717, 1.165) is 17.8 Å². The average molecular weight is 355 g/mol. The molecule has 3 aromatic rings. The van der Waals surface area contributed by atoms with E-state index in [-0.39, 0.29) is 17.4 Å². The third kappa shape index (κ3) is 4.03. The first-order valence-corrected chi connectivity index (χ1v) is 7.82. The molecule has 1 heterocycles. The maximum absolute atomic E-state index is 13.6. The quantitative estimate of drug-likeness (QED) is 0.571. The zero-order chi connectivity index (χ0) is 18.7. The number of nitrogens with zero attached hydrogens (tertiary/aromatic N) is 1. The molecule has 0 unspecified atom stereocenters. The van der Waals surface area contributed by atoms with E-state index in [9.17, 15) is 13.6 Å². The zero-order valence-electron chi connectivity index (χ0n) is 14.1. The number of hydrogen-bond donors (Lipinski definition) is 0. The van der Waals surface area contributed by atoms with Crippen molar-refractivity contribution in [3.63, 3.8) is 0 Å². The van der Waals surface area contributed by atoms with Gasteiger partial charge >= 0.3 is 0 Å². The fourth-order valence-electron chi connectivity index (χ4n) is 2.25. The smallest absolute Gasteiger partial charge is 0.230 e. The van der Waals surface area contributed by atoms with Gasteiger partial charge in [-0.3, -0.25) is 4.79 Å². The highest BCUT2D eigenvalue weighted by molar-refractivity contribution is 5.96. The highest BCUT2D eigenvalue weighted by Crippen LogP contribution is 2.29. The molecule has 2 aromatic carbocycles. The third-order valence-corrected chi connectivity index (χ3v) is 3.54. The Hall–Kier alpha value is -3.28. The van der Waals surface area contributed by atoms with Crippen LogP contribution in [0.3, 0.4) is 0 Å². The molecule has 0 aliphatic rings. The van der Waals surface area contributed by atoms with Crippen LogP contribution in [0.4, 0.5) is 8.78 Å². The lowest BCUT2D eigenvalue weighted by Crippen LogP contribution is -2.00. The number of rotatable bonds is 5. The lowest BCUT2D eigenvalue weighted by molar-refractivity contribution is 0.101. The summed E-state index contributed by atoms with van der Waals surface area (Å²) in [6.45, 7) is 3.23. The molecule has 0 bridgehead atoms. The van der Waals surface area contributed by atoms with Crippen LogP contribution in [0, 0.1) is 18.6 Å². The molecule has 0 aliphatic carbocycles. The topological polar surface area (TPSA) is 48.4 Å². The van der Waals surface area contributed by atoms with Gasteiger partial charge in [0, 0.05) is 11.8 Å². The number of pyridine rings is 1. The van der Waals surface area contributed by atoms with Crippen LogP contribution < -0.4 is 9.47 Å². The van der Waals surface area contributed by atoms with Gasteiger partial charge in [0.25, 0.3) is 0 Å². The van der Waals surface area contributed by atoms with Crippen LogP contribution in [-0.4, -0.2) is 10.8 Å². The van der Waals surface area contributed by atoms with Crippen LogP contribution in [0.2, 0.25) is 0 Å². The number of halogens is 2. The summed E-state index contributed by atoms with van der Waals surface area (Å²) in [6, 6.07) is 12.8. The first kappa shape index (κ1) is 17.5. The van der Waals surface area contributed by atoms with E-state index in [1.807, 2.05) is 0 Å². The minimum absolute atomic E-state index is 0.0840. The lowest BCUT2D eigenvalue weighted by Gasteiger charge is -2.10. The largest absolute Gasteiger partial charge is 0.454 e. The molecule has 3 rings (SSSR count). The molecule has 0 saturated carbocycles. The summed E-state index contributed by atoms with van der Waals surface area (Å²) in [5.74, 6) is -0.690. The second-order valence-electron chi connectivity index (χ2n) is 5.61. The minimum atomic E-state index is -0.791. The molecule has 0 fully saturated rings. The molecule has 0 N–H and O–H groups in total. The summed E-state index contributed by atoms with van der Waals surface area (Å²) in [5.41, 5.74) is 1.10. The number of ketones is 1. The third-order valence-electron chi connectivity index (χ3n) is 3.54. The van der Waals surface area contributed by atoms with Crippen molar-refractivity contribution in [1.82, 2.24) is 4.98 Å². The number of aromatic nitrogens is 1. The summed E-state index contributed by atoms with van der Waals surface area (Å²) >= 11 is 0. The van der Waals surface area contributed by atoms with E-state index in [2.05, 4.69) is 4.98 Å². The summed E-state index contributed by atoms with van der Waals surface area (Å²) in [4.78, 5) is 15.9. The summed E-state index contributed by atoms with van der Waals surface area (Å²) in [7, 11) is 0. The number of carbonyl (C=O) groups excluding carboxylic acids is 1. The maximum atomic E-state index is 13.6. The Morgan fingerprint density at radius 2 is 1.58 bits per heavy atom. The first-order valence-electron chi connectivity index (χ1n) is 7.82. The van der Waals surface area contributed by atoms with Crippen LogP contribution in [0.25, 0.3) is 0 Å². The Kier molecular flexibility index (Phi) is 4.93. The van der Waals surface area contributed by atoms with Crippen molar-refractivity contribution in [3.8, 4) is 23.1 Å². The maximum Gasteiger partial charge on any atom is 0.230 e. The fraction of sp³-hybridized carbons (Fsp3) is 0.100. The van der Waals surface area contributed by atoms with Gasteiger partial charge in [0.2, 0.25) is 5.88 Å². The predicted molar refractivity (Wildman–Crippen MR) is 91.9 cm³/mol. The van der Waals surface area contributed by atoms with E-state index >= 15 is 0 Å². The van der Waals surface area contributed by atoms with Gasteiger partial charge in [-0.15, -0.1) is 0 Å². The monoisotopic (exact) mass is 355 g/mol. The van der Waals surface area contributed by atoms with Crippen LogP contribution in [0.1, 0.15) is 23.0 Å². The summed E-state index contributed by atoms with van der Waals surface area (Å²) < 4.78 is 37.6. The van der Waals surface area contributed by atoms with Gasteiger partial charge in [0.05, 0.1) is 5.56 Å². The molecule has 1 aromatic heterocycles. The molecule has 0 atom stereocenters. The van der Waals surface area contributed by atoms with E-state index < -0.39 is 11.6 Å². The molecule has 26 heavy (non-hydrogen) atoms. The van der Waals surface area contributed by atoms with E-state index in [1.54, 1.807) is 43.3 Å². The molecular formula is C20H15F2NO3. The molecule has 0 spiro atoms. The van der Waals surface area contributed by atoms with Gasteiger partial charge in [0.1, 0.15) is 17.3 Å². The Morgan fingerprint density at radius 1 is 0.923 bits per heavy atom. The second kappa shape index (κ2) is 7.31. The highest BCUT2D eigenvalue weighted by Gasteiger charge is 2.12. The van der Waals surface area contributed by atoms with E-state index in [1.165, 1.54) is 13.0 Å². The number of benzene rings is 2. The Bertz CT molecular complexity index is 956. The van der Waals surface area contributed by atoms with Crippen LogP contribution in [0.5, 0.6) is 23.1 Å². The van der Waals surface area contributed by atoms with Gasteiger partial charge in [-0.05, 0) is 62.4 Å². The summed E-state index contributed by atoms with van der Waals surface area (Å²) in [6.07, 6.45) is 0. The minimum Gasteiger partial charge on any atom is -0.454 e. The van der Waals surface area contributed by atoms with Crippen molar-refractivity contribution in [1.29, 1.82) is 0 Å². The van der Waals surface area contributed by atoms with Crippen LogP contribution in [0.15, 0.2) is 54.6 Å². The van der Waals surface area contributed by atoms with Crippen LogP contribution >= 0.6 is 0 Å². The van der Waals surface area contributed by atoms with Gasteiger partial charge in [0.15, 0.2) is 17.3 Å². The van der Waals surface area contributed by atoms with Gasteiger partial charge in [-0.2, -0.15) is 0 Å². The van der Waals surface area contributed by atoms with Crippen molar-refractivity contribution in [2.75, 3.05) is 0 Å². The number of ether oxygens (including phenoxy) is 2. The molecule has 0 saturated heterocycles. The van der Waals surface area contributed by atoms with Gasteiger partial charge < -0.3 is 9.47 Å². The first-order chi connectivity index (χ1) is 12.4. The Labute approximate surface area is 149 Å². The van der Waals surface area contributed by atoms with E-state index in [0.29, 0.717) is 17.1 Å². The SMILES string of the molecule is CC(=O)c1ccc(C)nc1Oc1ccc(Oc2ccc(F)cc2F)cc1. The molecule has 0 amide bonds. The normalized spacial score (nSPS) is 10.5. The van der Waals surface area contributed by atoms with Gasteiger partial charge in [-0.1, -0.05) is 0 Å². The fourth-order valence-corrected chi connectivity index (χ4v) is 2.25. The molecular weight excluding hydrogens is 340 g/mol. The highest BCUT2D eigenvalue weighted by atomic mass is 19.1. The molecule has 4 nitrogen and oxygen atoms in total. The zero-order valence-corrected chi connectivity index (χ0v) is 14.1. The lowest BCUT2D eigenvalue weighted by atomic mass is 10.2. The predicted octanol–water partition coefficient (Wildman–Crippen LogP) is 5.46.